The van der Waals surface area contributed by atoms with Gasteiger partial charge >= 0.3 is 5.97 Å². The third-order valence-corrected chi connectivity index (χ3v) is 3.89. The first-order valence-electron chi connectivity index (χ1n) is 8.67. The van der Waals surface area contributed by atoms with Crippen LogP contribution >= 0.6 is 0 Å². The molecule has 26 heavy (non-hydrogen) atoms. The molecule has 0 saturated heterocycles. The Bertz CT molecular complexity index is 781. The van der Waals surface area contributed by atoms with Gasteiger partial charge in [0.25, 0.3) is 5.91 Å². The van der Waals surface area contributed by atoms with Gasteiger partial charge in [0.05, 0.1) is 5.56 Å². The molecule has 0 aromatic heterocycles. The molecule has 0 unspecified atom stereocenters. The van der Waals surface area contributed by atoms with Crippen LogP contribution < -0.4 is 5.32 Å². The number of hydrogen-bond donors (Lipinski definition) is 1. The molecule has 0 spiro atoms. The maximum Gasteiger partial charge on any atom is 0.339 e. The average molecular weight is 353 g/mol. The second kappa shape index (κ2) is 9.51. The van der Waals surface area contributed by atoms with E-state index < -0.39 is 5.97 Å². The van der Waals surface area contributed by atoms with Crippen LogP contribution in [0.2, 0.25) is 0 Å². The highest BCUT2D eigenvalue weighted by molar-refractivity contribution is 6.14. The first-order valence-corrected chi connectivity index (χ1v) is 8.67. The smallest absolute Gasteiger partial charge is 0.339 e. The molecule has 1 amide bonds. The maximum absolute atomic E-state index is 12.7. The Morgan fingerprint density at radius 3 is 2.27 bits per heavy atom. The molecule has 0 atom stereocenters. The third-order valence-electron chi connectivity index (χ3n) is 3.89. The molecule has 5 heteroatoms. The Hall–Kier alpha value is -2.95. The van der Waals surface area contributed by atoms with Crippen molar-refractivity contribution in [2.24, 2.45) is 0 Å². The van der Waals surface area contributed by atoms with Crippen molar-refractivity contribution in [2.45, 2.75) is 26.7 Å². The molecule has 0 radical (unpaired) electrons. The van der Waals surface area contributed by atoms with Crippen LogP contribution in [0.3, 0.4) is 0 Å². The summed E-state index contributed by atoms with van der Waals surface area (Å²) in [5.41, 5.74) is 1.95. The number of aryl methyl sites for hydroxylation is 1. The van der Waals surface area contributed by atoms with Gasteiger partial charge in [-0.2, -0.15) is 0 Å². The van der Waals surface area contributed by atoms with E-state index >= 15 is 0 Å². The van der Waals surface area contributed by atoms with E-state index in [2.05, 4.69) is 5.32 Å². The molecular weight excluding hydrogens is 330 g/mol. The summed E-state index contributed by atoms with van der Waals surface area (Å²) in [6, 6.07) is 13.6. The van der Waals surface area contributed by atoms with Crippen molar-refractivity contribution in [3.8, 4) is 0 Å². The van der Waals surface area contributed by atoms with Crippen LogP contribution in [-0.4, -0.2) is 30.8 Å². The fraction of sp³-hybridized carbons (Fsp3) is 0.286. The zero-order valence-corrected chi connectivity index (χ0v) is 15.1. The van der Waals surface area contributed by atoms with Crippen LogP contribution in [-0.2, 0) is 9.53 Å². The Kier molecular flexibility index (Phi) is 7.09. The van der Waals surface area contributed by atoms with Crippen LogP contribution in [0.1, 0.15) is 51.6 Å². The number of hydrogen-bond acceptors (Lipinski definition) is 4. The van der Waals surface area contributed by atoms with Crippen molar-refractivity contribution in [1.29, 1.82) is 0 Å². The van der Waals surface area contributed by atoms with Crippen LogP contribution in [0.15, 0.2) is 48.5 Å². The zero-order valence-electron chi connectivity index (χ0n) is 15.1. The van der Waals surface area contributed by atoms with Gasteiger partial charge in [-0.15, -0.1) is 0 Å². The lowest BCUT2D eigenvalue weighted by molar-refractivity contribution is -0.124. The van der Waals surface area contributed by atoms with Crippen LogP contribution in [0.5, 0.6) is 0 Å². The number of esters is 1. The molecule has 1 N–H and O–H groups in total. The summed E-state index contributed by atoms with van der Waals surface area (Å²) in [7, 11) is 0. The summed E-state index contributed by atoms with van der Waals surface area (Å²) >= 11 is 0. The first kappa shape index (κ1) is 19.4. The van der Waals surface area contributed by atoms with Crippen molar-refractivity contribution in [3.63, 3.8) is 0 Å². The van der Waals surface area contributed by atoms with Gasteiger partial charge in [-0.25, -0.2) is 4.79 Å². The SMILES string of the molecule is CCCCNC(=O)COC(=O)c1ccccc1C(=O)c1ccc(C)cc1. The van der Waals surface area contributed by atoms with Crippen molar-refractivity contribution >= 4 is 17.7 Å². The number of rotatable bonds is 8. The molecule has 0 heterocycles. The van der Waals surface area contributed by atoms with E-state index in [-0.39, 0.29) is 29.4 Å². The highest BCUT2D eigenvalue weighted by Crippen LogP contribution is 2.16. The minimum atomic E-state index is -0.688. The van der Waals surface area contributed by atoms with E-state index in [0.717, 1.165) is 18.4 Å². The van der Waals surface area contributed by atoms with Gasteiger partial charge in [0.1, 0.15) is 0 Å². The van der Waals surface area contributed by atoms with E-state index in [9.17, 15) is 14.4 Å². The summed E-state index contributed by atoms with van der Waals surface area (Å²) < 4.78 is 5.06. The number of carbonyl (C=O) groups excluding carboxylic acids is 3. The predicted molar refractivity (Wildman–Crippen MR) is 99.3 cm³/mol. The number of ketones is 1. The Balaban J connectivity index is 2.08. The van der Waals surface area contributed by atoms with E-state index in [1.165, 1.54) is 6.07 Å². The highest BCUT2D eigenvalue weighted by atomic mass is 16.5. The molecule has 5 nitrogen and oxygen atoms in total. The third kappa shape index (κ3) is 5.28. The normalized spacial score (nSPS) is 10.2. The monoisotopic (exact) mass is 353 g/mol. The number of amides is 1. The second-order valence-electron chi connectivity index (χ2n) is 6.02. The topological polar surface area (TPSA) is 72.5 Å². The van der Waals surface area contributed by atoms with Crippen LogP contribution in [0, 0.1) is 6.92 Å². The highest BCUT2D eigenvalue weighted by Gasteiger charge is 2.19. The molecule has 0 aliphatic rings. The van der Waals surface area contributed by atoms with E-state index in [1.54, 1.807) is 30.3 Å². The predicted octanol–water partition coefficient (Wildman–Crippen LogP) is 3.30. The average Bonchev–Trinajstić information content (AvgIpc) is 2.66. The standard InChI is InChI=1S/C21H23NO4/c1-3-4-13-22-19(23)14-26-21(25)18-8-6-5-7-17(18)20(24)16-11-9-15(2)10-12-16/h5-12H,3-4,13-14H2,1-2H3,(H,22,23). The molecule has 0 fully saturated rings. The summed E-state index contributed by atoms with van der Waals surface area (Å²) in [5.74, 6) is -1.30. The number of unbranched alkanes of at least 4 members (excludes halogenated alkanes) is 1. The largest absolute Gasteiger partial charge is 0.452 e. The molecule has 0 bridgehead atoms. The second-order valence-corrected chi connectivity index (χ2v) is 6.02. The van der Waals surface area contributed by atoms with Crippen molar-refractivity contribution in [2.75, 3.05) is 13.2 Å². The lowest BCUT2D eigenvalue weighted by Gasteiger charge is -2.09. The molecule has 2 rings (SSSR count). The minimum absolute atomic E-state index is 0.152. The van der Waals surface area contributed by atoms with E-state index in [4.69, 9.17) is 4.74 Å². The van der Waals surface area contributed by atoms with E-state index in [1.807, 2.05) is 26.0 Å². The fourth-order valence-electron chi connectivity index (χ4n) is 2.38. The van der Waals surface area contributed by atoms with Crippen molar-refractivity contribution < 1.29 is 19.1 Å². The van der Waals surface area contributed by atoms with E-state index in [0.29, 0.717) is 12.1 Å². The summed E-state index contributed by atoms with van der Waals surface area (Å²) in [6.45, 7) is 4.14. The summed E-state index contributed by atoms with van der Waals surface area (Å²) in [5, 5.41) is 2.68. The van der Waals surface area contributed by atoms with Crippen molar-refractivity contribution in [3.05, 3.63) is 70.8 Å². The molecule has 0 saturated carbocycles. The Labute approximate surface area is 153 Å². The number of benzene rings is 2. The van der Waals surface area contributed by atoms with Gasteiger partial charge in [0.2, 0.25) is 0 Å². The van der Waals surface area contributed by atoms with Gasteiger partial charge in [-0.05, 0) is 19.4 Å². The number of nitrogens with one attached hydrogen (secondary N) is 1. The van der Waals surface area contributed by atoms with Gasteiger partial charge in [0.15, 0.2) is 12.4 Å². The molecule has 2 aromatic carbocycles. The van der Waals surface area contributed by atoms with Crippen LogP contribution in [0.25, 0.3) is 0 Å². The molecule has 136 valence electrons. The lowest BCUT2D eigenvalue weighted by atomic mass is 9.98. The molecule has 2 aromatic rings. The van der Waals surface area contributed by atoms with Gasteiger partial charge in [-0.1, -0.05) is 61.4 Å². The van der Waals surface area contributed by atoms with Gasteiger partial charge in [-0.3, -0.25) is 9.59 Å². The minimum Gasteiger partial charge on any atom is -0.452 e. The Morgan fingerprint density at radius 2 is 1.62 bits per heavy atom. The fourth-order valence-corrected chi connectivity index (χ4v) is 2.38. The van der Waals surface area contributed by atoms with Crippen molar-refractivity contribution in [1.82, 2.24) is 5.32 Å². The number of ether oxygens (including phenoxy) is 1. The van der Waals surface area contributed by atoms with Crippen LogP contribution in [0.4, 0.5) is 0 Å². The lowest BCUT2D eigenvalue weighted by Crippen LogP contribution is -2.29. The number of carbonyl (C=O) groups is 3. The summed E-state index contributed by atoms with van der Waals surface area (Å²) in [6.07, 6.45) is 1.84. The Morgan fingerprint density at radius 1 is 0.962 bits per heavy atom. The van der Waals surface area contributed by atoms with Gasteiger partial charge < -0.3 is 10.1 Å². The quantitative estimate of drug-likeness (QED) is 0.449. The van der Waals surface area contributed by atoms with Gasteiger partial charge in [0, 0.05) is 17.7 Å². The zero-order chi connectivity index (χ0) is 18.9. The summed E-state index contributed by atoms with van der Waals surface area (Å²) in [4.78, 5) is 36.7. The first-order chi connectivity index (χ1) is 12.5. The maximum atomic E-state index is 12.7. The molecule has 0 aliphatic carbocycles. The molecular formula is C21H23NO4. The molecule has 0 aliphatic heterocycles.